The molecule has 2 rings (SSSR count). The standard InChI is InChI=1S/C22H29NO2/c1-7-20(25-21-10-8-9-15(3)17(21)5)22(24)23-18(6)19-12-11-14(2)16(4)13-19/h8-13,18,20H,7H2,1-6H3,(H,23,24). The molecule has 3 nitrogen and oxygen atoms in total. The van der Waals surface area contributed by atoms with Gasteiger partial charge in [0.15, 0.2) is 6.10 Å². The Balaban J connectivity index is 2.08. The van der Waals surface area contributed by atoms with Gasteiger partial charge in [-0.2, -0.15) is 0 Å². The number of aryl methyl sites for hydroxylation is 3. The van der Waals surface area contributed by atoms with Crippen LogP contribution in [0.2, 0.25) is 0 Å². The van der Waals surface area contributed by atoms with Gasteiger partial charge in [0.25, 0.3) is 5.91 Å². The van der Waals surface area contributed by atoms with E-state index in [9.17, 15) is 4.79 Å². The molecule has 0 aliphatic heterocycles. The average molecular weight is 339 g/mol. The summed E-state index contributed by atoms with van der Waals surface area (Å²) in [6, 6.07) is 12.2. The van der Waals surface area contributed by atoms with Crippen LogP contribution in [-0.4, -0.2) is 12.0 Å². The van der Waals surface area contributed by atoms with Crippen molar-refractivity contribution in [3.8, 4) is 5.75 Å². The molecule has 2 atom stereocenters. The van der Waals surface area contributed by atoms with E-state index in [4.69, 9.17) is 4.74 Å². The highest BCUT2D eigenvalue weighted by molar-refractivity contribution is 5.81. The molecule has 0 spiro atoms. The highest BCUT2D eigenvalue weighted by Crippen LogP contribution is 2.23. The number of hydrogen-bond acceptors (Lipinski definition) is 2. The average Bonchev–Trinajstić information content (AvgIpc) is 2.58. The Hall–Kier alpha value is -2.29. The van der Waals surface area contributed by atoms with Crippen molar-refractivity contribution < 1.29 is 9.53 Å². The van der Waals surface area contributed by atoms with Crippen molar-refractivity contribution in [1.82, 2.24) is 5.32 Å². The van der Waals surface area contributed by atoms with Crippen LogP contribution in [0, 0.1) is 27.7 Å². The summed E-state index contributed by atoms with van der Waals surface area (Å²) in [5.74, 6) is 0.704. The van der Waals surface area contributed by atoms with E-state index in [2.05, 4.69) is 37.4 Å². The molecule has 1 amide bonds. The third-order valence-electron chi connectivity index (χ3n) is 4.88. The molecule has 134 valence electrons. The Labute approximate surface area is 151 Å². The fraction of sp³-hybridized carbons (Fsp3) is 0.409. The first-order valence-electron chi connectivity index (χ1n) is 8.93. The number of carbonyl (C=O) groups excluding carboxylic acids is 1. The van der Waals surface area contributed by atoms with Crippen LogP contribution >= 0.6 is 0 Å². The van der Waals surface area contributed by atoms with Crippen LogP contribution in [0.25, 0.3) is 0 Å². The van der Waals surface area contributed by atoms with Crippen LogP contribution in [0.3, 0.4) is 0 Å². The minimum Gasteiger partial charge on any atom is -0.480 e. The van der Waals surface area contributed by atoms with E-state index in [1.807, 2.05) is 45.9 Å². The number of rotatable bonds is 6. The quantitative estimate of drug-likeness (QED) is 0.808. The lowest BCUT2D eigenvalue weighted by Crippen LogP contribution is -2.39. The van der Waals surface area contributed by atoms with E-state index in [0.29, 0.717) is 6.42 Å². The molecule has 0 aliphatic rings. The van der Waals surface area contributed by atoms with E-state index >= 15 is 0 Å². The zero-order valence-corrected chi connectivity index (χ0v) is 16.1. The van der Waals surface area contributed by atoms with Gasteiger partial charge >= 0.3 is 0 Å². The summed E-state index contributed by atoms with van der Waals surface area (Å²) >= 11 is 0. The normalized spacial score (nSPS) is 13.2. The van der Waals surface area contributed by atoms with E-state index in [1.54, 1.807) is 0 Å². The second kappa shape index (κ2) is 8.19. The molecule has 2 aromatic rings. The summed E-state index contributed by atoms with van der Waals surface area (Å²) in [4.78, 5) is 12.7. The predicted molar refractivity (Wildman–Crippen MR) is 103 cm³/mol. The van der Waals surface area contributed by atoms with Gasteiger partial charge in [-0.15, -0.1) is 0 Å². The van der Waals surface area contributed by atoms with E-state index in [1.165, 1.54) is 11.1 Å². The molecule has 0 heterocycles. The Morgan fingerprint density at radius 2 is 1.76 bits per heavy atom. The van der Waals surface area contributed by atoms with E-state index in [-0.39, 0.29) is 11.9 Å². The molecular formula is C22H29NO2. The smallest absolute Gasteiger partial charge is 0.261 e. The Bertz CT molecular complexity index is 752. The first-order valence-corrected chi connectivity index (χ1v) is 8.93. The van der Waals surface area contributed by atoms with Crippen LogP contribution in [0.1, 0.15) is 54.1 Å². The number of hydrogen-bond donors (Lipinski definition) is 1. The SMILES string of the molecule is CCC(Oc1cccc(C)c1C)C(=O)NC(C)c1ccc(C)c(C)c1. The molecule has 1 N–H and O–H groups in total. The van der Waals surface area contributed by atoms with Crippen LogP contribution < -0.4 is 10.1 Å². The summed E-state index contributed by atoms with van der Waals surface area (Å²) in [5.41, 5.74) is 5.84. The second-order valence-electron chi connectivity index (χ2n) is 6.79. The van der Waals surface area contributed by atoms with Crippen molar-refractivity contribution in [2.75, 3.05) is 0 Å². The largest absolute Gasteiger partial charge is 0.480 e. The Morgan fingerprint density at radius 1 is 1.04 bits per heavy atom. The molecule has 0 aliphatic carbocycles. The fourth-order valence-corrected chi connectivity index (χ4v) is 2.75. The number of nitrogens with one attached hydrogen (secondary N) is 1. The maximum atomic E-state index is 12.7. The van der Waals surface area contributed by atoms with Gasteiger partial charge in [-0.3, -0.25) is 4.79 Å². The highest BCUT2D eigenvalue weighted by atomic mass is 16.5. The first kappa shape index (κ1) is 19.0. The predicted octanol–water partition coefficient (Wildman–Crippen LogP) is 4.96. The van der Waals surface area contributed by atoms with Crippen molar-refractivity contribution in [3.05, 3.63) is 64.2 Å². The van der Waals surface area contributed by atoms with Crippen molar-refractivity contribution in [2.45, 2.75) is 60.1 Å². The lowest BCUT2D eigenvalue weighted by atomic mass is 10.0. The molecule has 3 heteroatoms. The first-order chi connectivity index (χ1) is 11.8. The topological polar surface area (TPSA) is 38.3 Å². The Kier molecular flexibility index (Phi) is 6.24. The summed E-state index contributed by atoms with van der Waals surface area (Å²) < 4.78 is 6.00. The Morgan fingerprint density at radius 3 is 2.40 bits per heavy atom. The molecule has 2 aromatic carbocycles. The molecule has 25 heavy (non-hydrogen) atoms. The van der Waals surface area contributed by atoms with Crippen LogP contribution in [0.5, 0.6) is 5.75 Å². The summed E-state index contributed by atoms with van der Waals surface area (Å²) in [6.07, 6.45) is 0.133. The van der Waals surface area contributed by atoms with Gasteiger partial charge in [0.1, 0.15) is 5.75 Å². The van der Waals surface area contributed by atoms with Crippen molar-refractivity contribution in [3.63, 3.8) is 0 Å². The summed E-state index contributed by atoms with van der Waals surface area (Å²) in [6.45, 7) is 12.2. The minimum atomic E-state index is -0.491. The van der Waals surface area contributed by atoms with Gasteiger partial charge in [0, 0.05) is 0 Å². The van der Waals surface area contributed by atoms with Crippen molar-refractivity contribution in [1.29, 1.82) is 0 Å². The van der Waals surface area contributed by atoms with Crippen molar-refractivity contribution >= 4 is 5.91 Å². The van der Waals surface area contributed by atoms with E-state index in [0.717, 1.165) is 22.4 Å². The minimum absolute atomic E-state index is 0.0527. The molecule has 2 unspecified atom stereocenters. The monoisotopic (exact) mass is 339 g/mol. The number of ether oxygens (including phenoxy) is 1. The van der Waals surface area contributed by atoms with Gasteiger partial charge in [-0.05, 0) is 74.9 Å². The zero-order valence-electron chi connectivity index (χ0n) is 16.1. The van der Waals surface area contributed by atoms with Crippen LogP contribution in [0.4, 0.5) is 0 Å². The maximum absolute atomic E-state index is 12.7. The highest BCUT2D eigenvalue weighted by Gasteiger charge is 2.21. The lowest BCUT2D eigenvalue weighted by molar-refractivity contribution is -0.128. The number of carbonyl (C=O) groups is 1. The number of benzene rings is 2. The summed E-state index contributed by atoms with van der Waals surface area (Å²) in [5, 5.41) is 3.08. The fourth-order valence-electron chi connectivity index (χ4n) is 2.75. The van der Waals surface area contributed by atoms with Crippen LogP contribution in [-0.2, 0) is 4.79 Å². The maximum Gasteiger partial charge on any atom is 0.261 e. The van der Waals surface area contributed by atoms with Crippen LogP contribution in [0.15, 0.2) is 36.4 Å². The second-order valence-corrected chi connectivity index (χ2v) is 6.79. The molecule has 0 aromatic heterocycles. The van der Waals surface area contributed by atoms with Crippen molar-refractivity contribution in [2.24, 2.45) is 0 Å². The third kappa shape index (κ3) is 4.62. The molecule has 0 radical (unpaired) electrons. The third-order valence-corrected chi connectivity index (χ3v) is 4.88. The van der Waals surface area contributed by atoms with Gasteiger partial charge in [-0.1, -0.05) is 37.3 Å². The lowest BCUT2D eigenvalue weighted by Gasteiger charge is -2.22. The van der Waals surface area contributed by atoms with Gasteiger partial charge in [-0.25, -0.2) is 0 Å². The van der Waals surface area contributed by atoms with Gasteiger partial charge < -0.3 is 10.1 Å². The molecule has 0 saturated carbocycles. The van der Waals surface area contributed by atoms with Gasteiger partial charge in [0.2, 0.25) is 0 Å². The zero-order chi connectivity index (χ0) is 18.6. The summed E-state index contributed by atoms with van der Waals surface area (Å²) in [7, 11) is 0. The molecule has 0 saturated heterocycles. The number of amides is 1. The van der Waals surface area contributed by atoms with Gasteiger partial charge in [0.05, 0.1) is 6.04 Å². The van der Waals surface area contributed by atoms with E-state index < -0.39 is 6.10 Å². The molecule has 0 fully saturated rings. The molecule has 0 bridgehead atoms. The molecular weight excluding hydrogens is 310 g/mol.